The van der Waals surface area contributed by atoms with E-state index in [-0.39, 0.29) is 0 Å². The Bertz CT molecular complexity index is 328. The van der Waals surface area contributed by atoms with E-state index in [1.54, 1.807) is 0 Å². The fourth-order valence-corrected chi connectivity index (χ4v) is 1.34. The van der Waals surface area contributed by atoms with E-state index in [4.69, 9.17) is 4.74 Å². The molecule has 1 N–H and O–H groups in total. The van der Waals surface area contributed by atoms with Crippen LogP contribution in [-0.2, 0) is 15.4 Å². The van der Waals surface area contributed by atoms with Crippen LogP contribution in [0, 0.1) is 6.92 Å². The molecule has 0 spiro atoms. The van der Waals surface area contributed by atoms with Gasteiger partial charge in [-0.1, -0.05) is 31.5 Å². The smallest absolute Gasteiger partial charge is 0.169 e. The Labute approximate surface area is 112 Å². The van der Waals surface area contributed by atoms with E-state index in [0.717, 1.165) is 12.2 Å². The molecule has 0 heterocycles. The predicted octanol–water partition coefficient (Wildman–Crippen LogP) is 2.60. The lowest BCUT2D eigenvalue weighted by Gasteiger charge is -2.06. The van der Waals surface area contributed by atoms with Crippen LogP contribution < -0.4 is 10.2 Å². The van der Waals surface area contributed by atoms with Gasteiger partial charge >= 0.3 is 0 Å². The molecule has 4 nitrogen and oxygen atoms in total. The normalized spacial score (nSPS) is 11.3. The van der Waals surface area contributed by atoms with Gasteiger partial charge in [-0.05, 0) is 25.5 Å². The van der Waals surface area contributed by atoms with Crippen molar-refractivity contribution in [3.05, 3.63) is 29.8 Å². The van der Waals surface area contributed by atoms with Crippen LogP contribution in [0.4, 0.5) is 0 Å². The molecule has 0 bridgehead atoms. The van der Waals surface area contributed by atoms with Crippen molar-refractivity contribution in [2.24, 2.45) is 0 Å². The van der Waals surface area contributed by atoms with E-state index in [2.05, 4.69) is 9.76 Å². The maximum absolute atomic E-state index is 10.5. The molecule has 0 saturated heterocycles. The van der Waals surface area contributed by atoms with E-state index < -0.39 is 11.1 Å². The number of aryl methyl sites for hydroxylation is 1. The van der Waals surface area contributed by atoms with Crippen molar-refractivity contribution in [1.82, 2.24) is 5.48 Å². The molecular formula is C13H23NO3S. The Morgan fingerprint density at radius 1 is 1.22 bits per heavy atom. The van der Waals surface area contributed by atoms with Gasteiger partial charge in [-0.15, -0.1) is 0 Å². The van der Waals surface area contributed by atoms with Gasteiger partial charge in [0.1, 0.15) is 5.75 Å². The Kier molecular flexibility index (Phi) is 10.6. The number of hydroxylamine groups is 1. The molecule has 1 rings (SSSR count). The van der Waals surface area contributed by atoms with Crippen molar-refractivity contribution in [3.8, 4) is 5.75 Å². The second kappa shape index (κ2) is 11.2. The molecule has 1 aromatic carbocycles. The molecule has 0 aliphatic heterocycles. The summed E-state index contributed by atoms with van der Waals surface area (Å²) < 4.78 is 20.7. The Morgan fingerprint density at radius 2 is 1.83 bits per heavy atom. The number of nitrogens with one attached hydrogen (secondary N) is 1. The Balaban J connectivity index is 0.00000137. The summed E-state index contributed by atoms with van der Waals surface area (Å²) in [6.07, 6.45) is 2.26. The molecule has 1 atom stereocenters. The molecule has 104 valence electrons. The van der Waals surface area contributed by atoms with Crippen LogP contribution >= 0.6 is 0 Å². The van der Waals surface area contributed by atoms with Crippen LogP contribution in [0.1, 0.15) is 25.8 Å². The van der Waals surface area contributed by atoms with Gasteiger partial charge in [0, 0.05) is 12.8 Å². The zero-order valence-electron chi connectivity index (χ0n) is 11.6. The molecule has 0 aliphatic rings. The molecule has 0 saturated carbocycles. The minimum absolute atomic E-state index is 0.607. The van der Waals surface area contributed by atoms with E-state index in [1.807, 2.05) is 45.0 Å². The SMILES string of the molecule is CC.Cc1ccc(OCCCNOS(C)=O)cc1. The van der Waals surface area contributed by atoms with Gasteiger partial charge in [-0.2, -0.15) is 5.48 Å². The van der Waals surface area contributed by atoms with Crippen molar-refractivity contribution in [3.63, 3.8) is 0 Å². The third kappa shape index (κ3) is 9.15. The highest BCUT2D eigenvalue weighted by molar-refractivity contribution is 7.79. The third-order valence-corrected chi connectivity index (χ3v) is 2.24. The molecule has 18 heavy (non-hydrogen) atoms. The minimum atomic E-state index is -1.26. The monoisotopic (exact) mass is 273 g/mol. The van der Waals surface area contributed by atoms with E-state index in [9.17, 15) is 4.21 Å². The highest BCUT2D eigenvalue weighted by Gasteiger charge is 1.94. The highest BCUT2D eigenvalue weighted by Crippen LogP contribution is 2.11. The summed E-state index contributed by atoms with van der Waals surface area (Å²) in [5, 5.41) is 0. The highest BCUT2D eigenvalue weighted by atomic mass is 32.2. The summed E-state index contributed by atoms with van der Waals surface area (Å²) in [7, 11) is 0. The van der Waals surface area contributed by atoms with Crippen molar-refractivity contribution in [2.45, 2.75) is 27.2 Å². The van der Waals surface area contributed by atoms with Crippen LogP contribution in [0.5, 0.6) is 5.75 Å². The fraction of sp³-hybridized carbons (Fsp3) is 0.538. The van der Waals surface area contributed by atoms with Gasteiger partial charge in [-0.3, -0.25) is 0 Å². The maximum atomic E-state index is 10.5. The summed E-state index contributed by atoms with van der Waals surface area (Å²) in [5.41, 5.74) is 3.82. The van der Waals surface area contributed by atoms with Crippen molar-refractivity contribution in [2.75, 3.05) is 19.4 Å². The first kappa shape index (κ1) is 17.1. The van der Waals surface area contributed by atoms with Crippen LogP contribution in [-0.4, -0.2) is 23.6 Å². The van der Waals surface area contributed by atoms with Crippen molar-refractivity contribution >= 4 is 11.1 Å². The molecule has 5 heteroatoms. The number of hydrogen-bond acceptors (Lipinski definition) is 4. The second-order valence-electron chi connectivity index (χ2n) is 3.39. The molecular weight excluding hydrogens is 250 g/mol. The van der Waals surface area contributed by atoms with E-state index >= 15 is 0 Å². The first-order chi connectivity index (χ1) is 8.68. The molecule has 1 aromatic rings. The van der Waals surface area contributed by atoms with Gasteiger partial charge in [0.25, 0.3) is 0 Å². The minimum Gasteiger partial charge on any atom is -0.494 e. The molecule has 0 amide bonds. The van der Waals surface area contributed by atoms with Gasteiger partial charge < -0.3 is 4.74 Å². The molecule has 0 fully saturated rings. The Hall–Kier alpha value is -0.910. The van der Waals surface area contributed by atoms with Crippen LogP contribution in [0.3, 0.4) is 0 Å². The van der Waals surface area contributed by atoms with E-state index in [1.165, 1.54) is 11.8 Å². The summed E-state index contributed by atoms with van der Waals surface area (Å²) in [5.74, 6) is 0.866. The van der Waals surface area contributed by atoms with E-state index in [0.29, 0.717) is 13.2 Å². The summed E-state index contributed by atoms with van der Waals surface area (Å²) in [6, 6.07) is 7.91. The van der Waals surface area contributed by atoms with Gasteiger partial charge in [-0.25, -0.2) is 8.49 Å². The lowest BCUT2D eigenvalue weighted by Crippen LogP contribution is -2.18. The van der Waals surface area contributed by atoms with Crippen LogP contribution in [0.2, 0.25) is 0 Å². The van der Waals surface area contributed by atoms with Gasteiger partial charge in [0.15, 0.2) is 11.1 Å². The standard InChI is InChI=1S/C11H17NO3S.C2H6/c1-10-4-6-11(7-5-10)14-9-3-8-12-15-16(2)13;1-2/h4-7,12H,3,8-9H2,1-2H3;1-2H3. The predicted molar refractivity (Wildman–Crippen MR) is 75.8 cm³/mol. The van der Waals surface area contributed by atoms with Crippen molar-refractivity contribution in [1.29, 1.82) is 0 Å². The first-order valence-electron chi connectivity index (χ1n) is 6.11. The van der Waals surface area contributed by atoms with Crippen LogP contribution in [0.25, 0.3) is 0 Å². The average Bonchev–Trinajstić information content (AvgIpc) is 2.38. The second-order valence-corrected chi connectivity index (χ2v) is 4.36. The number of benzene rings is 1. The third-order valence-electron chi connectivity index (χ3n) is 1.89. The summed E-state index contributed by atoms with van der Waals surface area (Å²) in [6.45, 7) is 7.26. The van der Waals surface area contributed by atoms with Gasteiger partial charge in [0.05, 0.1) is 6.61 Å². The Morgan fingerprint density at radius 3 is 2.39 bits per heavy atom. The summed E-state index contributed by atoms with van der Waals surface area (Å²) >= 11 is -1.26. The average molecular weight is 273 g/mol. The number of ether oxygens (including phenoxy) is 1. The van der Waals surface area contributed by atoms with Gasteiger partial charge in [0.2, 0.25) is 0 Å². The lowest BCUT2D eigenvalue weighted by molar-refractivity contribution is 0.207. The zero-order valence-corrected chi connectivity index (χ0v) is 12.4. The summed E-state index contributed by atoms with van der Waals surface area (Å²) in [4.78, 5) is 0. The molecule has 0 aliphatic carbocycles. The fourth-order valence-electron chi connectivity index (χ4n) is 1.09. The molecule has 0 aromatic heterocycles. The first-order valence-corrected chi connectivity index (χ1v) is 7.60. The number of hydrogen-bond donors (Lipinski definition) is 1. The molecule has 0 radical (unpaired) electrons. The quantitative estimate of drug-likeness (QED) is 0.613. The topological polar surface area (TPSA) is 47.6 Å². The van der Waals surface area contributed by atoms with Crippen molar-refractivity contribution < 1.29 is 13.2 Å². The molecule has 1 unspecified atom stereocenters. The lowest BCUT2D eigenvalue weighted by atomic mass is 10.2. The number of rotatable bonds is 7. The van der Waals surface area contributed by atoms with Crippen LogP contribution in [0.15, 0.2) is 24.3 Å². The largest absolute Gasteiger partial charge is 0.494 e. The maximum Gasteiger partial charge on any atom is 0.169 e. The zero-order chi connectivity index (χ0) is 13.8.